The van der Waals surface area contributed by atoms with Crippen LogP contribution >= 0.6 is 11.3 Å². The lowest BCUT2D eigenvalue weighted by Gasteiger charge is -2.18. The first kappa shape index (κ1) is 11.0. The van der Waals surface area contributed by atoms with Gasteiger partial charge in [-0.2, -0.15) is 0 Å². The van der Waals surface area contributed by atoms with E-state index in [0.717, 1.165) is 17.6 Å². The van der Waals surface area contributed by atoms with Gasteiger partial charge in [0.25, 0.3) is 0 Å². The van der Waals surface area contributed by atoms with E-state index in [1.807, 2.05) is 0 Å². The Morgan fingerprint density at radius 1 is 1.47 bits per heavy atom. The predicted octanol–water partition coefficient (Wildman–Crippen LogP) is 0.766. The van der Waals surface area contributed by atoms with E-state index >= 15 is 0 Å². The number of rotatable bonds is 2. The molecule has 0 N–H and O–H groups in total. The van der Waals surface area contributed by atoms with Crippen LogP contribution in [0, 0.1) is 0 Å². The first-order chi connectivity index (χ1) is 6.92. The van der Waals surface area contributed by atoms with Crippen molar-refractivity contribution in [2.45, 2.75) is 16.9 Å². The number of hydrogen-bond acceptors (Lipinski definition) is 6. The highest BCUT2D eigenvalue weighted by atomic mass is 32.2. The van der Waals surface area contributed by atoms with Gasteiger partial charge in [0.1, 0.15) is 4.21 Å². The van der Waals surface area contributed by atoms with Crippen molar-refractivity contribution >= 4 is 21.2 Å². The van der Waals surface area contributed by atoms with E-state index in [-0.39, 0.29) is 4.21 Å². The zero-order chi connectivity index (χ0) is 11.1. The van der Waals surface area contributed by atoms with Crippen LogP contribution < -0.4 is 0 Å². The molecule has 1 aromatic heterocycles. The number of hydrogen-bond donors (Lipinski definition) is 0. The van der Waals surface area contributed by atoms with Gasteiger partial charge in [-0.25, -0.2) is 13.4 Å². The molecule has 1 saturated heterocycles. The Bertz CT molecular complexity index is 459. The van der Waals surface area contributed by atoms with Crippen molar-refractivity contribution in [2.75, 3.05) is 19.5 Å². The average molecular weight is 249 g/mol. The molecule has 0 aliphatic carbocycles. The molecular weight excluding hydrogens is 238 g/mol. The molecule has 0 amide bonds. The van der Waals surface area contributed by atoms with Gasteiger partial charge in [0, 0.05) is 6.26 Å². The zero-order valence-corrected chi connectivity index (χ0v) is 10.0. The quantitative estimate of drug-likeness (QED) is 0.774. The number of thiazole rings is 1. The Morgan fingerprint density at radius 2 is 2.07 bits per heavy atom. The Kier molecular flexibility index (Phi) is 2.58. The summed E-state index contributed by atoms with van der Waals surface area (Å²) in [6, 6.07) is 0. The van der Waals surface area contributed by atoms with Crippen molar-refractivity contribution in [3.8, 4) is 0 Å². The molecule has 1 aliphatic heterocycles. The number of ether oxygens (including phenoxy) is 2. The van der Waals surface area contributed by atoms with Crippen LogP contribution in [0.2, 0.25) is 0 Å². The standard InChI is InChI=1S/C8H11NO4S2/c1-8(12-3-4-13-8)7-9-5-6(14-7)15(2,10)11/h5H,3-4H2,1-2H3. The predicted molar refractivity (Wildman–Crippen MR) is 54.5 cm³/mol. The van der Waals surface area contributed by atoms with E-state index in [1.54, 1.807) is 6.92 Å². The molecule has 2 heterocycles. The summed E-state index contributed by atoms with van der Waals surface area (Å²) in [6.07, 6.45) is 2.49. The second-order valence-corrected chi connectivity index (χ2v) is 6.67. The fourth-order valence-corrected chi connectivity index (χ4v) is 3.07. The largest absolute Gasteiger partial charge is 0.342 e. The van der Waals surface area contributed by atoms with Crippen molar-refractivity contribution in [1.82, 2.24) is 4.98 Å². The molecule has 7 heteroatoms. The van der Waals surface area contributed by atoms with Crippen LogP contribution in [0.1, 0.15) is 11.9 Å². The van der Waals surface area contributed by atoms with Crippen LogP contribution in [-0.4, -0.2) is 32.9 Å². The second-order valence-electron chi connectivity index (χ2n) is 3.40. The van der Waals surface area contributed by atoms with E-state index in [4.69, 9.17) is 9.47 Å². The molecule has 0 spiro atoms. The SMILES string of the molecule is CC1(c2ncc(S(C)(=O)=O)s2)OCCO1. The van der Waals surface area contributed by atoms with Crippen molar-refractivity contribution in [3.63, 3.8) is 0 Å². The molecule has 0 bridgehead atoms. The summed E-state index contributed by atoms with van der Waals surface area (Å²) in [5.41, 5.74) is 0. The molecule has 15 heavy (non-hydrogen) atoms. The van der Waals surface area contributed by atoms with Crippen molar-refractivity contribution < 1.29 is 17.9 Å². The summed E-state index contributed by atoms with van der Waals surface area (Å²) in [6.45, 7) is 2.75. The summed E-state index contributed by atoms with van der Waals surface area (Å²) >= 11 is 1.09. The first-order valence-corrected chi connectivity index (χ1v) is 7.07. The molecule has 1 fully saturated rings. The van der Waals surface area contributed by atoms with Gasteiger partial charge >= 0.3 is 0 Å². The average Bonchev–Trinajstić information content (AvgIpc) is 2.69. The Balaban J connectivity index is 2.35. The minimum Gasteiger partial charge on any atom is -0.342 e. The van der Waals surface area contributed by atoms with E-state index in [9.17, 15) is 8.42 Å². The summed E-state index contributed by atoms with van der Waals surface area (Å²) in [4.78, 5) is 4.03. The second kappa shape index (κ2) is 3.51. The molecule has 1 aromatic rings. The Labute approximate surface area is 92.0 Å². The summed E-state index contributed by atoms with van der Waals surface area (Å²) in [7, 11) is -3.19. The summed E-state index contributed by atoms with van der Waals surface area (Å²) < 4.78 is 33.5. The molecule has 5 nitrogen and oxygen atoms in total. The van der Waals surface area contributed by atoms with E-state index in [1.165, 1.54) is 6.20 Å². The molecule has 0 radical (unpaired) electrons. The Morgan fingerprint density at radius 3 is 2.53 bits per heavy atom. The van der Waals surface area contributed by atoms with Gasteiger partial charge in [-0.05, 0) is 6.92 Å². The molecule has 0 atom stereocenters. The zero-order valence-electron chi connectivity index (χ0n) is 8.39. The van der Waals surface area contributed by atoms with Crippen molar-refractivity contribution in [2.24, 2.45) is 0 Å². The fourth-order valence-electron chi connectivity index (χ4n) is 1.28. The molecule has 0 unspecified atom stereocenters. The number of nitrogens with zero attached hydrogens (tertiary/aromatic N) is 1. The highest BCUT2D eigenvalue weighted by Gasteiger charge is 2.36. The number of aromatic nitrogens is 1. The fraction of sp³-hybridized carbons (Fsp3) is 0.625. The van der Waals surface area contributed by atoms with Crippen LogP contribution in [0.4, 0.5) is 0 Å². The molecule has 84 valence electrons. The van der Waals surface area contributed by atoms with Crippen molar-refractivity contribution in [1.29, 1.82) is 0 Å². The molecule has 0 aromatic carbocycles. The van der Waals surface area contributed by atoms with E-state index < -0.39 is 15.6 Å². The maximum absolute atomic E-state index is 11.3. The monoisotopic (exact) mass is 249 g/mol. The third kappa shape index (κ3) is 2.05. The van der Waals surface area contributed by atoms with Gasteiger partial charge in [-0.1, -0.05) is 0 Å². The van der Waals surface area contributed by atoms with Crippen LogP contribution in [0.3, 0.4) is 0 Å². The van der Waals surface area contributed by atoms with Gasteiger partial charge in [0.2, 0.25) is 5.79 Å². The molecule has 1 aliphatic rings. The normalized spacial score (nSPS) is 20.7. The lowest BCUT2D eigenvalue weighted by Crippen LogP contribution is -2.21. The molecule has 2 rings (SSSR count). The van der Waals surface area contributed by atoms with Gasteiger partial charge in [-0.15, -0.1) is 11.3 Å². The topological polar surface area (TPSA) is 65.5 Å². The third-order valence-corrected chi connectivity index (χ3v) is 5.05. The Hall–Kier alpha value is -0.500. The van der Waals surface area contributed by atoms with Gasteiger partial charge in [0.15, 0.2) is 14.8 Å². The van der Waals surface area contributed by atoms with E-state index in [0.29, 0.717) is 18.2 Å². The van der Waals surface area contributed by atoms with Crippen LogP contribution in [-0.2, 0) is 25.1 Å². The third-order valence-electron chi connectivity index (χ3n) is 2.08. The highest BCUT2D eigenvalue weighted by molar-refractivity contribution is 7.92. The smallest absolute Gasteiger partial charge is 0.219 e. The summed E-state index contributed by atoms with van der Waals surface area (Å²) in [5.74, 6) is -0.881. The summed E-state index contributed by atoms with van der Waals surface area (Å²) in [5, 5.41) is 0.542. The van der Waals surface area contributed by atoms with Gasteiger partial charge < -0.3 is 9.47 Å². The lowest BCUT2D eigenvalue weighted by atomic mass is 10.3. The minimum absolute atomic E-state index is 0.234. The molecular formula is C8H11NO4S2. The van der Waals surface area contributed by atoms with E-state index in [2.05, 4.69) is 4.98 Å². The maximum Gasteiger partial charge on any atom is 0.219 e. The van der Waals surface area contributed by atoms with Crippen LogP contribution in [0.25, 0.3) is 0 Å². The molecule has 0 saturated carbocycles. The van der Waals surface area contributed by atoms with Gasteiger partial charge in [-0.3, -0.25) is 0 Å². The number of sulfone groups is 1. The van der Waals surface area contributed by atoms with Crippen LogP contribution in [0.15, 0.2) is 10.4 Å². The lowest BCUT2D eigenvalue weighted by molar-refractivity contribution is -0.149. The van der Waals surface area contributed by atoms with Gasteiger partial charge in [0.05, 0.1) is 19.4 Å². The first-order valence-electron chi connectivity index (χ1n) is 4.36. The highest BCUT2D eigenvalue weighted by Crippen LogP contribution is 2.34. The minimum atomic E-state index is -3.19. The maximum atomic E-state index is 11.3. The van der Waals surface area contributed by atoms with Crippen LogP contribution in [0.5, 0.6) is 0 Å². The van der Waals surface area contributed by atoms with Crippen molar-refractivity contribution in [3.05, 3.63) is 11.2 Å².